The van der Waals surface area contributed by atoms with E-state index >= 15 is 0 Å². The van der Waals surface area contributed by atoms with E-state index in [9.17, 15) is 14.0 Å². The van der Waals surface area contributed by atoms with Crippen LogP contribution < -0.4 is 10.6 Å². The number of halogens is 2. The molecule has 0 aliphatic rings. The third-order valence-corrected chi connectivity index (χ3v) is 5.81. The lowest BCUT2D eigenvalue weighted by Crippen LogP contribution is -2.22. The van der Waals surface area contributed by atoms with Gasteiger partial charge in [-0.05, 0) is 60.0 Å². The van der Waals surface area contributed by atoms with Gasteiger partial charge in [-0.3, -0.25) is 9.59 Å². The van der Waals surface area contributed by atoms with Crippen LogP contribution in [0.1, 0.15) is 40.7 Å². The van der Waals surface area contributed by atoms with Gasteiger partial charge < -0.3 is 15.6 Å². The van der Waals surface area contributed by atoms with Crippen molar-refractivity contribution < 1.29 is 14.0 Å². The van der Waals surface area contributed by atoms with Crippen molar-refractivity contribution in [1.82, 2.24) is 15.3 Å². The lowest BCUT2D eigenvalue weighted by Gasteiger charge is -2.07. The fraction of sp³-hybridized carbons (Fsp3) is 0.192. The summed E-state index contributed by atoms with van der Waals surface area (Å²) in [4.78, 5) is 32.0. The maximum Gasteiger partial charge on any atom is 0.251 e. The number of imidazole rings is 1. The Morgan fingerprint density at radius 3 is 2.56 bits per heavy atom. The van der Waals surface area contributed by atoms with Crippen LogP contribution in [0, 0.1) is 5.82 Å². The summed E-state index contributed by atoms with van der Waals surface area (Å²) in [7, 11) is 0. The molecule has 0 aliphatic heterocycles. The van der Waals surface area contributed by atoms with Gasteiger partial charge in [-0.2, -0.15) is 0 Å². The molecule has 3 N–H and O–H groups in total. The molecule has 0 fully saturated rings. The molecule has 8 heteroatoms. The summed E-state index contributed by atoms with van der Waals surface area (Å²) < 4.78 is 13.2. The number of hydrogen-bond acceptors (Lipinski definition) is 3. The van der Waals surface area contributed by atoms with Gasteiger partial charge in [0.1, 0.15) is 11.6 Å². The quantitative estimate of drug-likeness (QED) is 0.316. The van der Waals surface area contributed by atoms with E-state index in [2.05, 4.69) is 20.6 Å². The van der Waals surface area contributed by atoms with E-state index < -0.39 is 5.82 Å². The highest BCUT2D eigenvalue weighted by atomic mass is 35.5. The SMILES string of the molecule is CCC(=O)Nc1ccc(CCc2nc3ccc(C(=O)NCc4ccc(F)cc4Cl)cc3[nH]2)cc1. The number of aryl methyl sites for hydroxylation is 2. The summed E-state index contributed by atoms with van der Waals surface area (Å²) in [5, 5.41) is 5.92. The lowest BCUT2D eigenvalue weighted by molar-refractivity contribution is -0.115. The average Bonchev–Trinajstić information content (AvgIpc) is 3.25. The Hall–Kier alpha value is -3.71. The van der Waals surface area contributed by atoms with Gasteiger partial charge in [0, 0.05) is 35.7 Å². The van der Waals surface area contributed by atoms with Crippen molar-refractivity contribution in [3.63, 3.8) is 0 Å². The molecular formula is C26H24ClFN4O2. The number of benzene rings is 3. The van der Waals surface area contributed by atoms with Crippen LogP contribution in [0.5, 0.6) is 0 Å². The van der Waals surface area contributed by atoms with Gasteiger partial charge >= 0.3 is 0 Å². The highest BCUT2D eigenvalue weighted by molar-refractivity contribution is 6.31. The van der Waals surface area contributed by atoms with Gasteiger partial charge in [0.05, 0.1) is 11.0 Å². The number of H-pyrrole nitrogens is 1. The number of nitrogens with one attached hydrogen (secondary N) is 3. The van der Waals surface area contributed by atoms with Crippen molar-refractivity contribution in [3.8, 4) is 0 Å². The zero-order valence-electron chi connectivity index (χ0n) is 18.6. The molecule has 0 saturated heterocycles. The van der Waals surface area contributed by atoms with Gasteiger partial charge in [-0.1, -0.05) is 36.7 Å². The number of aromatic nitrogens is 2. The molecule has 3 aromatic carbocycles. The number of aromatic amines is 1. The molecule has 174 valence electrons. The first-order valence-corrected chi connectivity index (χ1v) is 11.4. The van der Waals surface area contributed by atoms with E-state index in [1.54, 1.807) is 24.3 Å². The molecule has 1 aromatic heterocycles. The molecule has 6 nitrogen and oxygen atoms in total. The third kappa shape index (κ3) is 5.80. The summed E-state index contributed by atoms with van der Waals surface area (Å²) in [6.45, 7) is 2.02. The minimum Gasteiger partial charge on any atom is -0.348 e. The fourth-order valence-corrected chi connectivity index (χ4v) is 3.77. The minimum absolute atomic E-state index is 0.0117. The second kappa shape index (κ2) is 10.5. The van der Waals surface area contributed by atoms with Crippen molar-refractivity contribution in [3.05, 3.63) is 94.0 Å². The molecule has 0 atom stereocenters. The van der Waals surface area contributed by atoms with Gasteiger partial charge in [0.2, 0.25) is 5.91 Å². The third-order valence-electron chi connectivity index (χ3n) is 5.46. The van der Waals surface area contributed by atoms with Crippen molar-refractivity contribution >= 4 is 40.1 Å². The average molecular weight is 479 g/mol. The number of hydrogen-bond donors (Lipinski definition) is 3. The largest absolute Gasteiger partial charge is 0.348 e. The van der Waals surface area contributed by atoms with E-state index in [4.69, 9.17) is 11.6 Å². The Morgan fingerprint density at radius 1 is 1.03 bits per heavy atom. The Balaban J connectivity index is 1.37. The van der Waals surface area contributed by atoms with E-state index in [0.29, 0.717) is 24.0 Å². The maximum atomic E-state index is 13.2. The first-order chi connectivity index (χ1) is 16.4. The maximum absolute atomic E-state index is 13.2. The molecule has 1 heterocycles. The number of carbonyl (C=O) groups is 2. The second-order valence-electron chi connectivity index (χ2n) is 7.93. The highest BCUT2D eigenvalue weighted by Gasteiger charge is 2.11. The summed E-state index contributed by atoms with van der Waals surface area (Å²) in [5.74, 6) is 0.142. The van der Waals surface area contributed by atoms with Gasteiger partial charge in [0.25, 0.3) is 5.91 Å². The molecule has 34 heavy (non-hydrogen) atoms. The van der Waals surface area contributed by atoms with Gasteiger partial charge in [0.15, 0.2) is 0 Å². The van der Waals surface area contributed by atoms with Crippen LogP contribution >= 0.6 is 11.6 Å². The van der Waals surface area contributed by atoms with Crippen LogP contribution in [-0.2, 0) is 24.2 Å². The van der Waals surface area contributed by atoms with Gasteiger partial charge in [-0.25, -0.2) is 9.37 Å². The molecule has 0 radical (unpaired) electrons. The van der Waals surface area contributed by atoms with Crippen LogP contribution in [-0.4, -0.2) is 21.8 Å². The molecule has 0 bridgehead atoms. The predicted octanol–water partition coefficient (Wildman–Crippen LogP) is 5.42. The molecule has 0 saturated carbocycles. The first-order valence-electron chi connectivity index (χ1n) is 11.0. The first kappa shape index (κ1) is 23.4. The minimum atomic E-state index is -0.418. The Bertz CT molecular complexity index is 1330. The zero-order chi connectivity index (χ0) is 24.1. The molecule has 0 spiro atoms. The van der Waals surface area contributed by atoms with Crippen LogP contribution in [0.25, 0.3) is 11.0 Å². The number of rotatable bonds is 8. The molecule has 0 aliphatic carbocycles. The van der Waals surface area contributed by atoms with Crippen LogP contribution in [0.15, 0.2) is 60.7 Å². The Morgan fingerprint density at radius 2 is 1.82 bits per heavy atom. The van der Waals surface area contributed by atoms with Gasteiger partial charge in [-0.15, -0.1) is 0 Å². The zero-order valence-corrected chi connectivity index (χ0v) is 19.4. The standard InChI is InChI=1S/C26H24ClFN4O2/c1-2-25(33)30-20-9-3-16(4-10-20)5-12-24-31-22-11-7-17(13-23(22)32-24)26(34)29-15-18-6-8-19(28)14-21(18)27/h3-4,6-11,13-14H,2,5,12,15H2,1H3,(H,29,34)(H,30,33)(H,31,32). The lowest BCUT2D eigenvalue weighted by atomic mass is 10.1. The molecule has 2 amide bonds. The van der Waals surface area contributed by atoms with Crippen molar-refractivity contribution in [2.24, 2.45) is 0 Å². The monoisotopic (exact) mass is 478 g/mol. The summed E-state index contributed by atoms with van der Waals surface area (Å²) in [6, 6.07) is 17.1. The number of amides is 2. The van der Waals surface area contributed by atoms with E-state index in [0.717, 1.165) is 34.5 Å². The fourth-order valence-electron chi connectivity index (χ4n) is 3.53. The van der Waals surface area contributed by atoms with Crippen LogP contribution in [0.4, 0.5) is 10.1 Å². The van der Waals surface area contributed by atoms with E-state index in [1.165, 1.54) is 12.1 Å². The number of anilines is 1. The highest BCUT2D eigenvalue weighted by Crippen LogP contribution is 2.19. The van der Waals surface area contributed by atoms with Crippen LogP contribution in [0.2, 0.25) is 5.02 Å². The summed E-state index contributed by atoms with van der Waals surface area (Å²) >= 11 is 6.03. The van der Waals surface area contributed by atoms with Crippen molar-refractivity contribution in [2.45, 2.75) is 32.7 Å². The van der Waals surface area contributed by atoms with E-state index in [1.807, 2.05) is 31.2 Å². The summed E-state index contributed by atoms with van der Waals surface area (Å²) in [5.41, 5.74) is 4.61. The van der Waals surface area contributed by atoms with Crippen molar-refractivity contribution in [1.29, 1.82) is 0 Å². The number of fused-ring (bicyclic) bond motifs is 1. The van der Waals surface area contributed by atoms with E-state index in [-0.39, 0.29) is 23.4 Å². The van der Waals surface area contributed by atoms with Crippen LogP contribution in [0.3, 0.4) is 0 Å². The smallest absolute Gasteiger partial charge is 0.251 e. The topological polar surface area (TPSA) is 86.9 Å². The predicted molar refractivity (Wildman–Crippen MR) is 131 cm³/mol. The molecule has 4 aromatic rings. The molecule has 4 rings (SSSR count). The molecule has 0 unspecified atom stereocenters. The number of nitrogens with zero attached hydrogens (tertiary/aromatic N) is 1. The normalized spacial score (nSPS) is 10.9. The molecular weight excluding hydrogens is 455 g/mol. The Kier molecular flexibility index (Phi) is 7.23. The Labute approximate surface area is 201 Å². The second-order valence-corrected chi connectivity index (χ2v) is 8.34. The summed E-state index contributed by atoms with van der Waals surface area (Å²) in [6.07, 6.45) is 1.94. The number of carbonyl (C=O) groups excluding carboxylic acids is 2. The van der Waals surface area contributed by atoms with Crippen molar-refractivity contribution in [2.75, 3.05) is 5.32 Å².